The third kappa shape index (κ3) is 23.3. The van der Waals surface area contributed by atoms with E-state index in [1.54, 1.807) is 45.0 Å². The maximum atomic E-state index is 13.7. The lowest BCUT2D eigenvalue weighted by molar-refractivity contribution is -0.156. The molecule has 4 N–H and O–H groups in total. The number of nitrogens with zero attached hydrogens (tertiary/aromatic N) is 1. The summed E-state index contributed by atoms with van der Waals surface area (Å²) in [5.74, 6) is 1.14. The fourth-order valence-corrected chi connectivity index (χ4v) is 10.5. The minimum atomic E-state index is -4.13. The lowest BCUT2D eigenvalue weighted by Gasteiger charge is -2.33. The fraction of sp³-hybridized carbons (Fsp3) is 0.544. The molecule has 3 fully saturated rings. The highest BCUT2D eigenvalue weighted by molar-refractivity contribution is 7.89. The molecule has 77 heavy (non-hydrogen) atoms. The molecule has 20 heteroatoms. The van der Waals surface area contributed by atoms with E-state index in [0.717, 1.165) is 74.2 Å². The molecule has 2 aliphatic carbocycles. The molecular weight excluding hydrogens is 1030 g/mol. The van der Waals surface area contributed by atoms with Gasteiger partial charge in [0.2, 0.25) is 0 Å². The quantitative estimate of drug-likeness (QED) is 0.0477. The number of aliphatic hydroxyl groups excluding tert-OH is 1. The van der Waals surface area contributed by atoms with Crippen LogP contribution in [0.25, 0.3) is 0 Å². The summed E-state index contributed by atoms with van der Waals surface area (Å²) in [6.45, 7) is 11.1. The normalized spacial score (nSPS) is 17.3. The van der Waals surface area contributed by atoms with E-state index in [4.69, 9.17) is 33.4 Å². The van der Waals surface area contributed by atoms with Gasteiger partial charge in [0, 0.05) is 0 Å². The summed E-state index contributed by atoms with van der Waals surface area (Å²) in [5, 5.41) is 17.0. The summed E-state index contributed by atoms with van der Waals surface area (Å²) in [5.41, 5.74) is 0.829. The van der Waals surface area contributed by atoms with Crippen LogP contribution >= 0.6 is 0 Å². The average molecular weight is 1110 g/mol. The Hall–Kier alpha value is -5.32. The number of hydrogen-bond donors (Lipinski definition) is 4. The Balaban J connectivity index is 0.000000274. The van der Waals surface area contributed by atoms with Crippen LogP contribution in [0, 0.1) is 0 Å². The Morgan fingerprint density at radius 3 is 1.53 bits per heavy atom. The van der Waals surface area contributed by atoms with Crippen molar-refractivity contribution in [2.24, 2.45) is 0 Å². The molecule has 0 bridgehead atoms. The molecule has 2 amide bonds. The Morgan fingerprint density at radius 1 is 0.636 bits per heavy atom. The second-order valence-corrected chi connectivity index (χ2v) is 24.5. The summed E-state index contributed by atoms with van der Waals surface area (Å²) in [6, 6.07) is 30.7. The van der Waals surface area contributed by atoms with Crippen molar-refractivity contribution >= 4 is 32.2 Å². The second-order valence-electron chi connectivity index (χ2n) is 21.0. The zero-order valence-electron chi connectivity index (χ0n) is 45.3. The number of hydroxylamine groups is 1. The topological polar surface area (TPSA) is 230 Å². The molecule has 428 valence electrons. The number of nitrogens with one attached hydrogen (secondary N) is 3. The molecule has 0 radical (unpaired) electrons. The number of ether oxygens (including phenoxy) is 5. The number of epoxide rings is 1. The van der Waals surface area contributed by atoms with E-state index in [9.17, 15) is 31.5 Å². The number of aliphatic hydroxyl groups is 1. The van der Waals surface area contributed by atoms with Crippen LogP contribution in [0.1, 0.15) is 124 Å². The zero-order valence-corrected chi connectivity index (χ0v) is 46.9. The third-order valence-corrected chi connectivity index (χ3v) is 15.1. The van der Waals surface area contributed by atoms with Crippen molar-refractivity contribution in [3.05, 3.63) is 120 Å². The lowest BCUT2D eigenvalue weighted by Crippen LogP contribution is -2.52. The molecule has 0 spiro atoms. The number of alkyl carbamates (subject to hydrolysis) is 2. The predicted octanol–water partition coefficient (Wildman–Crippen LogP) is 9.84. The van der Waals surface area contributed by atoms with Gasteiger partial charge in [0.25, 0.3) is 20.0 Å². The van der Waals surface area contributed by atoms with E-state index in [2.05, 4.69) is 15.5 Å². The van der Waals surface area contributed by atoms with Gasteiger partial charge in [-0.15, -0.1) is 0 Å². The molecule has 4 aromatic carbocycles. The number of carbonyl (C=O) groups excluding carboxylic acids is 2. The number of sulfonamides is 2. The van der Waals surface area contributed by atoms with Crippen molar-refractivity contribution < 1.29 is 64.9 Å². The third-order valence-electron chi connectivity index (χ3n) is 12.3. The first-order valence-electron chi connectivity index (χ1n) is 26.0. The number of carbonyl (C=O) groups is 2. The van der Waals surface area contributed by atoms with Crippen LogP contribution in [0.2, 0.25) is 0 Å². The molecule has 7 rings (SSSR count). The summed E-state index contributed by atoms with van der Waals surface area (Å²) in [7, 11) is -4.71. The van der Waals surface area contributed by atoms with Gasteiger partial charge in [-0.3, -0.25) is 9.68 Å². The lowest BCUT2D eigenvalue weighted by atomic mass is 9.98. The molecule has 2 saturated carbocycles. The minimum absolute atomic E-state index is 0. The van der Waals surface area contributed by atoms with Crippen molar-refractivity contribution in [2.45, 2.75) is 184 Å². The van der Waals surface area contributed by atoms with Crippen molar-refractivity contribution in [3.8, 4) is 11.5 Å². The van der Waals surface area contributed by atoms with Gasteiger partial charge in [0.15, 0.2) is 0 Å². The molecule has 0 aromatic heterocycles. The highest BCUT2D eigenvalue weighted by Crippen LogP contribution is 2.27. The van der Waals surface area contributed by atoms with Crippen LogP contribution < -0.4 is 25.0 Å². The first-order chi connectivity index (χ1) is 36.0. The monoisotopic (exact) mass is 1110 g/mol. The van der Waals surface area contributed by atoms with Gasteiger partial charge in [0.1, 0.15) is 28.8 Å². The highest BCUT2D eigenvalue weighted by atomic mass is 32.2. The Bertz CT molecular complexity index is 2560. The van der Waals surface area contributed by atoms with Gasteiger partial charge >= 0.3 is 12.2 Å². The Labute approximate surface area is 457 Å². The van der Waals surface area contributed by atoms with E-state index in [1.165, 1.54) is 50.5 Å². The van der Waals surface area contributed by atoms with Crippen molar-refractivity contribution in [1.29, 1.82) is 0 Å². The van der Waals surface area contributed by atoms with E-state index >= 15 is 0 Å². The summed E-state index contributed by atoms with van der Waals surface area (Å²) < 4.78 is 78.3. The molecule has 1 saturated heterocycles. The first kappa shape index (κ1) is 64.2. The van der Waals surface area contributed by atoms with Gasteiger partial charge < -0.3 is 39.4 Å². The number of benzene rings is 4. The van der Waals surface area contributed by atoms with Gasteiger partial charge in [-0.1, -0.05) is 116 Å². The smallest absolute Gasteiger partial charge is 0.407 e. The van der Waals surface area contributed by atoms with E-state index in [0.29, 0.717) is 18.1 Å². The van der Waals surface area contributed by atoms with Crippen molar-refractivity contribution in [3.63, 3.8) is 0 Å². The molecule has 1 aliphatic heterocycles. The average Bonchev–Trinajstić information content (AvgIpc) is 4.24. The van der Waals surface area contributed by atoms with E-state index < -0.39 is 49.5 Å². The van der Waals surface area contributed by atoms with E-state index in [-0.39, 0.29) is 60.6 Å². The molecule has 18 nitrogen and oxygen atoms in total. The number of hydrogen-bond acceptors (Lipinski definition) is 14. The Kier molecular flexibility index (Phi) is 25.6. The van der Waals surface area contributed by atoms with Crippen LogP contribution in [0.5, 0.6) is 11.5 Å². The minimum Gasteiger partial charge on any atom is -0.497 e. The molecule has 4 aromatic rings. The zero-order chi connectivity index (χ0) is 55.4. The fourth-order valence-electron chi connectivity index (χ4n) is 8.30. The number of amides is 2. The summed E-state index contributed by atoms with van der Waals surface area (Å²) >= 11 is 0. The van der Waals surface area contributed by atoms with Gasteiger partial charge in [-0.2, -0.15) is 0 Å². The molecule has 3 aliphatic rings. The first-order valence-corrected chi connectivity index (χ1v) is 29.0. The van der Waals surface area contributed by atoms with Crippen LogP contribution in [0.15, 0.2) is 119 Å². The van der Waals surface area contributed by atoms with Crippen LogP contribution in [0.3, 0.4) is 0 Å². The summed E-state index contributed by atoms with van der Waals surface area (Å²) in [4.78, 5) is 38.2. The largest absolute Gasteiger partial charge is 0.497 e. The van der Waals surface area contributed by atoms with E-state index in [1.807, 2.05) is 81.4 Å². The van der Waals surface area contributed by atoms with Gasteiger partial charge in [-0.25, -0.2) is 26.4 Å². The van der Waals surface area contributed by atoms with Crippen molar-refractivity contribution in [1.82, 2.24) is 20.0 Å². The molecular formula is C57H84N4O14S2. The highest BCUT2D eigenvalue weighted by Gasteiger charge is 2.36. The number of methoxy groups -OCH3 is 2. The predicted molar refractivity (Wildman–Crippen MR) is 295 cm³/mol. The molecule has 4 unspecified atom stereocenters. The number of rotatable bonds is 20. The molecule has 1 heterocycles. The SMILES string of the molecule is C.CC(C)(C)OC(=O)NC(Cc1ccccc1)C1CO1.COc1ccc(S(=O)(=O)N(CC(O)C(Cc2ccccc2)NC(=O)OC(C)(C)C)OC2CCCCC2)cc1.COc1ccc(S(=O)(=O)NOC2CCCCC2)cc1. The maximum absolute atomic E-state index is 13.7. The van der Waals surface area contributed by atoms with Crippen LogP contribution in [-0.4, -0.2) is 114 Å². The van der Waals surface area contributed by atoms with Gasteiger partial charge in [0.05, 0.1) is 67.6 Å². The van der Waals surface area contributed by atoms with Gasteiger partial charge in [-0.05, 0) is 140 Å². The standard InChI is InChI=1S/C28H40N2O7S.C15H21NO3.C13H19NO4S.CH4/c1-28(2,3)36-27(32)29-25(19-21-11-7-5-8-12-21)26(31)20-30(37-23-13-9-6-10-14-23)38(33,34)24-17-15-22(35-4)16-18-24;1-15(2,3)19-14(17)16-12(13-10-18-13)9-11-7-5-4-6-8-11;1-17-11-7-9-13(10-8-11)19(15,16)14-18-12-5-3-2-4-6-12;/h5,7-8,11-12,15-18,23,25-26,31H,6,9-10,13-14,19-20H2,1-4H3,(H,29,32);4-8,12-13H,9-10H2,1-3H3,(H,16,17);7-10,12,14H,2-6H2,1H3;1H4. The van der Waals surface area contributed by atoms with Crippen molar-refractivity contribution in [2.75, 3.05) is 27.4 Å². The van der Waals surface area contributed by atoms with Crippen LogP contribution in [0.4, 0.5) is 9.59 Å². The van der Waals surface area contributed by atoms with Crippen LogP contribution in [-0.2, 0) is 56.8 Å². The summed E-state index contributed by atoms with van der Waals surface area (Å²) in [6.07, 6.45) is 8.08. The molecule has 4 atom stereocenters. The second kappa shape index (κ2) is 30.7. The Morgan fingerprint density at radius 2 is 1.08 bits per heavy atom. The maximum Gasteiger partial charge on any atom is 0.407 e.